The number of aromatic nitrogens is 2. The number of H-pyrrole nitrogens is 1. The Morgan fingerprint density at radius 2 is 1.77 bits per heavy atom. The number of hydrogen-bond acceptors (Lipinski definition) is 5. The molecule has 0 spiro atoms. The van der Waals surface area contributed by atoms with E-state index in [2.05, 4.69) is 56.4 Å². The minimum absolute atomic E-state index is 0.312. The van der Waals surface area contributed by atoms with Crippen LogP contribution in [0.15, 0.2) is 54.7 Å². The van der Waals surface area contributed by atoms with Crippen molar-refractivity contribution in [2.24, 2.45) is 0 Å². The van der Waals surface area contributed by atoms with Gasteiger partial charge >= 0.3 is 0 Å². The highest BCUT2D eigenvalue weighted by Crippen LogP contribution is 2.27. The maximum absolute atomic E-state index is 10.4. The average Bonchev–Trinajstić information content (AvgIpc) is 3.28. The van der Waals surface area contributed by atoms with Gasteiger partial charge in [-0.25, -0.2) is 0 Å². The number of nitrogens with zero attached hydrogens (tertiary/aromatic N) is 3. The van der Waals surface area contributed by atoms with Gasteiger partial charge in [-0.05, 0) is 23.8 Å². The van der Waals surface area contributed by atoms with Crippen LogP contribution in [0, 0.1) is 0 Å². The van der Waals surface area contributed by atoms with Crippen molar-refractivity contribution in [3.05, 3.63) is 65.2 Å². The number of rotatable bonds is 5. The van der Waals surface area contributed by atoms with E-state index in [0.717, 1.165) is 45.0 Å². The molecular formula is C20H24N4OS. The highest BCUT2D eigenvalue weighted by Gasteiger charge is 2.21. The lowest BCUT2D eigenvalue weighted by atomic mass is 10.2. The molecule has 0 bridgehead atoms. The first-order chi connectivity index (χ1) is 12.8. The summed E-state index contributed by atoms with van der Waals surface area (Å²) in [7, 11) is 0. The molecule has 1 fully saturated rings. The summed E-state index contributed by atoms with van der Waals surface area (Å²) < 4.78 is 0. The molecule has 3 heterocycles. The van der Waals surface area contributed by atoms with Gasteiger partial charge in [-0.1, -0.05) is 30.3 Å². The molecule has 0 amide bonds. The Kier molecular flexibility index (Phi) is 5.45. The molecule has 1 aliphatic heterocycles. The zero-order valence-electron chi connectivity index (χ0n) is 14.7. The van der Waals surface area contributed by atoms with E-state index in [1.54, 1.807) is 17.5 Å². The van der Waals surface area contributed by atoms with E-state index in [1.165, 1.54) is 15.3 Å². The molecule has 26 heavy (non-hydrogen) atoms. The van der Waals surface area contributed by atoms with Gasteiger partial charge in [0, 0.05) is 50.3 Å². The zero-order chi connectivity index (χ0) is 17.8. The van der Waals surface area contributed by atoms with E-state index in [9.17, 15) is 5.11 Å². The van der Waals surface area contributed by atoms with Crippen molar-refractivity contribution < 1.29 is 5.11 Å². The van der Waals surface area contributed by atoms with E-state index in [-0.39, 0.29) is 6.10 Å². The molecule has 0 radical (unpaired) electrons. The van der Waals surface area contributed by atoms with Gasteiger partial charge in [0.15, 0.2) is 0 Å². The van der Waals surface area contributed by atoms with Gasteiger partial charge in [-0.2, -0.15) is 5.10 Å². The zero-order valence-corrected chi connectivity index (χ0v) is 15.5. The highest BCUT2D eigenvalue weighted by atomic mass is 32.1. The van der Waals surface area contributed by atoms with E-state index in [0.29, 0.717) is 0 Å². The predicted octanol–water partition coefficient (Wildman–Crippen LogP) is 2.82. The summed E-state index contributed by atoms with van der Waals surface area (Å²) in [6.45, 7) is 5.19. The van der Waals surface area contributed by atoms with Crippen LogP contribution in [-0.4, -0.2) is 57.4 Å². The fraction of sp³-hybridized carbons (Fsp3) is 0.350. The van der Waals surface area contributed by atoms with Gasteiger partial charge in [-0.15, -0.1) is 11.3 Å². The van der Waals surface area contributed by atoms with Crippen LogP contribution in [0.2, 0.25) is 0 Å². The Morgan fingerprint density at radius 3 is 2.50 bits per heavy atom. The quantitative estimate of drug-likeness (QED) is 0.727. The van der Waals surface area contributed by atoms with Gasteiger partial charge < -0.3 is 5.11 Å². The molecule has 5 nitrogen and oxygen atoms in total. The largest absolute Gasteiger partial charge is 0.390 e. The topological polar surface area (TPSA) is 55.4 Å². The van der Waals surface area contributed by atoms with Gasteiger partial charge in [0.2, 0.25) is 0 Å². The summed E-state index contributed by atoms with van der Waals surface area (Å²) in [5.41, 5.74) is 2.36. The molecule has 6 heteroatoms. The highest BCUT2D eigenvalue weighted by molar-refractivity contribution is 7.15. The van der Waals surface area contributed by atoms with Crippen LogP contribution < -0.4 is 0 Å². The van der Waals surface area contributed by atoms with Gasteiger partial charge in [-0.3, -0.25) is 14.9 Å². The van der Waals surface area contributed by atoms with Crippen LogP contribution in [0.4, 0.5) is 0 Å². The molecule has 0 saturated carbocycles. The predicted molar refractivity (Wildman–Crippen MR) is 105 cm³/mol. The van der Waals surface area contributed by atoms with E-state index < -0.39 is 0 Å². The molecule has 1 atom stereocenters. The minimum atomic E-state index is -0.312. The summed E-state index contributed by atoms with van der Waals surface area (Å²) in [6, 6.07) is 16.8. The maximum Gasteiger partial charge on any atom is 0.0794 e. The molecule has 1 saturated heterocycles. The third-order valence-electron chi connectivity index (χ3n) is 4.73. The van der Waals surface area contributed by atoms with E-state index in [1.807, 2.05) is 12.1 Å². The van der Waals surface area contributed by atoms with Crippen LogP contribution in [0.1, 0.15) is 10.4 Å². The number of thiophene rings is 1. The Hall–Kier alpha value is -1.99. The van der Waals surface area contributed by atoms with Crippen molar-refractivity contribution in [1.29, 1.82) is 0 Å². The summed E-state index contributed by atoms with van der Waals surface area (Å²) in [5.74, 6) is 0. The van der Waals surface area contributed by atoms with Crippen molar-refractivity contribution in [3.63, 3.8) is 0 Å². The summed E-state index contributed by atoms with van der Waals surface area (Å²) in [5, 5.41) is 17.5. The molecule has 1 aromatic carbocycles. The molecular weight excluding hydrogens is 344 g/mol. The van der Waals surface area contributed by atoms with Crippen molar-refractivity contribution in [2.75, 3.05) is 26.2 Å². The first kappa shape index (κ1) is 17.4. The van der Waals surface area contributed by atoms with Crippen LogP contribution in [0.3, 0.4) is 0 Å². The number of nitrogens with one attached hydrogen (secondary N) is 1. The Balaban J connectivity index is 1.36. The summed E-state index contributed by atoms with van der Waals surface area (Å²) in [6.07, 6.45) is 1.47. The molecule has 4 rings (SSSR count). The lowest BCUT2D eigenvalue weighted by molar-refractivity contribution is 0.106. The third kappa shape index (κ3) is 4.40. The SMILES string of the molecule is OC1CN(Cc2ccccc2)CCN(Cc2ccc(-c3ccn[nH]3)s2)C1. The van der Waals surface area contributed by atoms with Gasteiger partial charge in [0.25, 0.3) is 0 Å². The molecule has 1 aliphatic rings. The lowest BCUT2D eigenvalue weighted by Crippen LogP contribution is -2.33. The second kappa shape index (κ2) is 8.14. The smallest absolute Gasteiger partial charge is 0.0794 e. The average molecular weight is 369 g/mol. The monoisotopic (exact) mass is 368 g/mol. The molecule has 2 aromatic heterocycles. The van der Waals surface area contributed by atoms with Crippen LogP contribution in [0.25, 0.3) is 10.6 Å². The molecule has 136 valence electrons. The number of aromatic amines is 1. The summed E-state index contributed by atoms with van der Waals surface area (Å²) in [4.78, 5) is 7.24. The number of β-amino-alcohol motifs (C(OH)–C–C–N with tert-alkyl or cyclic N) is 1. The lowest BCUT2D eigenvalue weighted by Gasteiger charge is -2.21. The van der Waals surface area contributed by atoms with Crippen molar-refractivity contribution in [2.45, 2.75) is 19.2 Å². The molecule has 3 aromatic rings. The van der Waals surface area contributed by atoms with Crippen LogP contribution in [-0.2, 0) is 13.1 Å². The number of benzene rings is 1. The standard InChI is InChI=1S/C20H24N4OS/c25-17-13-23(12-16-4-2-1-3-5-16)10-11-24(14-17)15-18-6-7-20(26-18)19-8-9-21-22-19/h1-9,17,25H,10-15H2,(H,21,22). The van der Waals surface area contributed by atoms with Crippen LogP contribution in [0.5, 0.6) is 0 Å². The Bertz CT molecular complexity index is 802. The number of aliphatic hydroxyl groups is 1. The van der Waals surface area contributed by atoms with E-state index in [4.69, 9.17) is 0 Å². The van der Waals surface area contributed by atoms with Gasteiger partial charge in [0.05, 0.1) is 16.7 Å². The first-order valence-electron chi connectivity index (χ1n) is 9.01. The number of aliphatic hydroxyl groups excluding tert-OH is 1. The summed E-state index contributed by atoms with van der Waals surface area (Å²) >= 11 is 1.79. The van der Waals surface area contributed by atoms with Crippen molar-refractivity contribution in [1.82, 2.24) is 20.0 Å². The second-order valence-corrected chi connectivity index (χ2v) is 8.01. The van der Waals surface area contributed by atoms with Crippen molar-refractivity contribution >= 4 is 11.3 Å². The molecule has 1 unspecified atom stereocenters. The fourth-order valence-corrected chi connectivity index (χ4v) is 4.49. The fourth-order valence-electron chi connectivity index (χ4n) is 3.47. The second-order valence-electron chi connectivity index (χ2n) is 6.85. The van der Waals surface area contributed by atoms with Crippen molar-refractivity contribution in [3.8, 4) is 10.6 Å². The molecule has 0 aliphatic carbocycles. The Morgan fingerprint density at radius 1 is 1.00 bits per heavy atom. The van der Waals surface area contributed by atoms with E-state index >= 15 is 0 Å². The minimum Gasteiger partial charge on any atom is -0.390 e. The maximum atomic E-state index is 10.4. The Labute approximate surface area is 157 Å². The third-order valence-corrected chi connectivity index (χ3v) is 5.83. The normalized spacial score (nSPS) is 19.5. The van der Waals surface area contributed by atoms with Gasteiger partial charge in [0.1, 0.15) is 0 Å². The number of hydrogen-bond donors (Lipinski definition) is 2. The first-order valence-corrected chi connectivity index (χ1v) is 9.83. The molecule has 2 N–H and O–H groups in total. The van der Waals surface area contributed by atoms with Crippen LogP contribution >= 0.6 is 11.3 Å².